The molecule has 1 aliphatic heterocycles. The Morgan fingerprint density at radius 1 is 1.00 bits per heavy atom. The third-order valence-corrected chi connectivity index (χ3v) is 7.17. The van der Waals surface area contributed by atoms with Gasteiger partial charge in [-0.15, -0.1) is 0 Å². The van der Waals surface area contributed by atoms with Crippen molar-refractivity contribution in [2.75, 3.05) is 32.7 Å². The monoisotopic (exact) mass is 336 g/mol. The van der Waals surface area contributed by atoms with Gasteiger partial charge >= 0.3 is 0 Å². The molecule has 1 saturated carbocycles. The van der Waals surface area contributed by atoms with E-state index in [1.165, 1.54) is 12.8 Å². The van der Waals surface area contributed by atoms with E-state index in [0.29, 0.717) is 18.0 Å². The minimum atomic E-state index is -3.39. The fourth-order valence-corrected chi connectivity index (χ4v) is 5.62. The Labute approximate surface area is 140 Å². The van der Waals surface area contributed by atoms with Gasteiger partial charge in [0.2, 0.25) is 10.0 Å². The molecule has 0 aromatic heterocycles. The highest BCUT2D eigenvalue weighted by molar-refractivity contribution is 7.89. The molecule has 3 rings (SSSR count). The van der Waals surface area contributed by atoms with Crippen molar-refractivity contribution in [1.82, 2.24) is 9.21 Å². The predicted molar refractivity (Wildman–Crippen MR) is 93.2 cm³/mol. The second kappa shape index (κ2) is 6.54. The summed E-state index contributed by atoms with van der Waals surface area (Å²) < 4.78 is 28.0. The SMILES string of the molecule is Cc1cc(C)c(S(=O)(=O)N2CCCN(CC3CC3)CC2)c(C)c1. The molecule has 0 atom stereocenters. The highest BCUT2D eigenvalue weighted by Crippen LogP contribution is 2.30. The highest BCUT2D eigenvalue weighted by atomic mass is 32.2. The molecule has 0 amide bonds. The van der Waals surface area contributed by atoms with E-state index in [2.05, 4.69) is 4.90 Å². The van der Waals surface area contributed by atoms with Crippen LogP contribution in [0.5, 0.6) is 0 Å². The van der Waals surface area contributed by atoms with Gasteiger partial charge in [0.25, 0.3) is 0 Å². The smallest absolute Gasteiger partial charge is 0.243 e. The summed E-state index contributed by atoms with van der Waals surface area (Å²) >= 11 is 0. The van der Waals surface area contributed by atoms with Crippen molar-refractivity contribution in [3.05, 3.63) is 28.8 Å². The Kier molecular flexibility index (Phi) is 4.81. The number of nitrogens with zero attached hydrogens (tertiary/aromatic N) is 2. The van der Waals surface area contributed by atoms with Crippen molar-refractivity contribution in [2.24, 2.45) is 5.92 Å². The molecule has 0 spiro atoms. The van der Waals surface area contributed by atoms with Crippen molar-refractivity contribution in [3.63, 3.8) is 0 Å². The van der Waals surface area contributed by atoms with Crippen LogP contribution in [-0.2, 0) is 10.0 Å². The number of benzene rings is 1. The van der Waals surface area contributed by atoms with Gasteiger partial charge in [-0.1, -0.05) is 17.7 Å². The Morgan fingerprint density at radius 3 is 2.26 bits per heavy atom. The molecular weight excluding hydrogens is 308 g/mol. The molecule has 1 saturated heterocycles. The van der Waals surface area contributed by atoms with E-state index in [0.717, 1.165) is 48.7 Å². The first-order valence-corrected chi connectivity index (χ1v) is 10.1. The Bertz CT molecular complexity index is 657. The van der Waals surface area contributed by atoms with Gasteiger partial charge in [0, 0.05) is 26.2 Å². The largest absolute Gasteiger partial charge is 0.302 e. The van der Waals surface area contributed by atoms with Crippen LogP contribution < -0.4 is 0 Å². The molecule has 2 fully saturated rings. The zero-order chi connectivity index (χ0) is 16.6. The van der Waals surface area contributed by atoms with Crippen molar-refractivity contribution >= 4 is 10.0 Å². The zero-order valence-electron chi connectivity index (χ0n) is 14.5. The topological polar surface area (TPSA) is 40.6 Å². The normalized spacial score (nSPS) is 21.3. The zero-order valence-corrected chi connectivity index (χ0v) is 15.3. The van der Waals surface area contributed by atoms with Crippen LogP contribution in [0.15, 0.2) is 17.0 Å². The molecule has 128 valence electrons. The number of aryl methyl sites for hydroxylation is 3. The molecule has 5 heteroatoms. The lowest BCUT2D eigenvalue weighted by molar-refractivity contribution is 0.275. The molecule has 0 N–H and O–H groups in total. The van der Waals surface area contributed by atoms with E-state index in [-0.39, 0.29) is 0 Å². The molecule has 2 aliphatic rings. The average Bonchev–Trinajstić information content (AvgIpc) is 3.25. The van der Waals surface area contributed by atoms with E-state index in [4.69, 9.17) is 0 Å². The van der Waals surface area contributed by atoms with E-state index in [9.17, 15) is 8.42 Å². The Balaban J connectivity index is 1.79. The Morgan fingerprint density at radius 2 is 1.65 bits per heavy atom. The summed E-state index contributed by atoms with van der Waals surface area (Å²) in [6, 6.07) is 3.94. The third kappa shape index (κ3) is 3.78. The van der Waals surface area contributed by atoms with Crippen LogP contribution in [0.4, 0.5) is 0 Å². The summed E-state index contributed by atoms with van der Waals surface area (Å²) in [5.74, 6) is 0.861. The first kappa shape index (κ1) is 16.9. The van der Waals surface area contributed by atoms with Crippen LogP contribution in [0, 0.1) is 26.7 Å². The third-order valence-electron chi connectivity index (χ3n) is 4.96. The maximum atomic E-state index is 13.1. The lowest BCUT2D eigenvalue weighted by Crippen LogP contribution is -2.36. The predicted octanol–water partition coefficient (Wildman–Crippen LogP) is 2.72. The minimum absolute atomic E-state index is 0.513. The van der Waals surface area contributed by atoms with E-state index in [1.807, 2.05) is 32.9 Å². The van der Waals surface area contributed by atoms with Gasteiger partial charge in [0.15, 0.2) is 0 Å². The first-order chi connectivity index (χ1) is 10.9. The van der Waals surface area contributed by atoms with E-state index >= 15 is 0 Å². The summed E-state index contributed by atoms with van der Waals surface area (Å²) in [6.07, 6.45) is 3.62. The lowest BCUT2D eigenvalue weighted by atomic mass is 10.1. The maximum absolute atomic E-state index is 13.1. The summed E-state index contributed by atoms with van der Waals surface area (Å²) in [7, 11) is -3.39. The molecule has 23 heavy (non-hydrogen) atoms. The quantitative estimate of drug-likeness (QED) is 0.849. The molecular formula is C18H28N2O2S. The van der Waals surface area contributed by atoms with Crippen molar-refractivity contribution < 1.29 is 8.42 Å². The van der Waals surface area contributed by atoms with Gasteiger partial charge in [-0.2, -0.15) is 4.31 Å². The number of rotatable bonds is 4. The van der Waals surface area contributed by atoms with Crippen molar-refractivity contribution in [3.8, 4) is 0 Å². The van der Waals surface area contributed by atoms with Crippen LogP contribution in [0.1, 0.15) is 36.0 Å². The molecule has 4 nitrogen and oxygen atoms in total. The average molecular weight is 337 g/mol. The molecule has 0 bridgehead atoms. The van der Waals surface area contributed by atoms with E-state index < -0.39 is 10.0 Å². The Hall–Kier alpha value is -0.910. The minimum Gasteiger partial charge on any atom is -0.302 e. The molecule has 1 aromatic carbocycles. The van der Waals surface area contributed by atoms with Crippen molar-refractivity contribution in [2.45, 2.75) is 44.9 Å². The van der Waals surface area contributed by atoms with Gasteiger partial charge < -0.3 is 4.90 Å². The van der Waals surface area contributed by atoms with Gasteiger partial charge in [-0.25, -0.2) is 8.42 Å². The standard InChI is InChI=1S/C18H28N2O2S/c1-14-11-15(2)18(16(3)12-14)23(21,22)20-8-4-7-19(9-10-20)13-17-5-6-17/h11-12,17H,4-10,13H2,1-3H3. The molecule has 1 heterocycles. The number of sulfonamides is 1. The summed E-state index contributed by atoms with van der Waals surface area (Å²) in [6.45, 7) is 10.1. The number of hydrogen-bond acceptors (Lipinski definition) is 3. The van der Waals surface area contributed by atoms with Gasteiger partial charge in [0.1, 0.15) is 0 Å². The van der Waals surface area contributed by atoms with Gasteiger partial charge in [-0.05, 0) is 63.6 Å². The lowest BCUT2D eigenvalue weighted by Gasteiger charge is -2.23. The van der Waals surface area contributed by atoms with Crippen LogP contribution in [-0.4, -0.2) is 50.3 Å². The van der Waals surface area contributed by atoms with Crippen LogP contribution in [0.2, 0.25) is 0 Å². The fraction of sp³-hybridized carbons (Fsp3) is 0.667. The van der Waals surface area contributed by atoms with Crippen molar-refractivity contribution in [1.29, 1.82) is 0 Å². The van der Waals surface area contributed by atoms with Crippen LogP contribution in [0.3, 0.4) is 0 Å². The van der Waals surface area contributed by atoms with Gasteiger partial charge in [-0.3, -0.25) is 0 Å². The summed E-state index contributed by atoms with van der Waals surface area (Å²) in [5.41, 5.74) is 2.84. The molecule has 0 radical (unpaired) electrons. The first-order valence-electron chi connectivity index (χ1n) is 8.68. The second-order valence-corrected chi connectivity index (χ2v) is 9.10. The number of hydrogen-bond donors (Lipinski definition) is 0. The second-order valence-electron chi connectivity index (χ2n) is 7.23. The highest BCUT2D eigenvalue weighted by Gasteiger charge is 2.31. The summed E-state index contributed by atoms with van der Waals surface area (Å²) in [5, 5.41) is 0. The molecule has 1 aliphatic carbocycles. The van der Waals surface area contributed by atoms with E-state index in [1.54, 1.807) is 4.31 Å². The van der Waals surface area contributed by atoms with Crippen LogP contribution in [0.25, 0.3) is 0 Å². The maximum Gasteiger partial charge on any atom is 0.243 e. The van der Waals surface area contributed by atoms with Crippen LogP contribution >= 0.6 is 0 Å². The molecule has 0 unspecified atom stereocenters. The fourth-order valence-electron chi connectivity index (χ4n) is 3.74. The van der Waals surface area contributed by atoms with Gasteiger partial charge in [0.05, 0.1) is 4.90 Å². The molecule has 1 aromatic rings. The summed E-state index contributed by atoms with van der Waals surface area (Å²) in [4.78, 5) is 2.96.